The minimum atomic E-state index is -0.127. The molecule has 3 heteroatoms. The van der Waals surface area contributed by atoms with Gasteiger partial charge in [0.05, 0.1) is 0 Å². The van der Waals surface area contributed by atoms with Gasteiger partial charge in [-0.25, -0.2) is 0 Å². The van der Waals surface area contributed by atoms with Gasteiger partial charge in [0.15, 0.2) is 0 Å². The van der Waals surface area contributed by atoms with Crippen LogP contribution in [-0.2, 0) is 0 Å². The molecule has 0 saturated heterocycles. The van der Waals surface area contributed by atoms with Crippen molar-refractivity contribution in [3.8, 4) is 5.75 Å². The molecule has 0 unspecified atom stereocenters. The maximum atomic E-state index is 9.78. The van der Waals surface area contributed by atoms with E-state index in [0.29, 0.717) is 5.02 Å². The molecule has 0 heterocycles. The van der Waals surface area contributed by atoms with Crippen LogP contribution >= 0.6 is 11.6 Å². The van der Waals surface area contributed by atoms with Crippen LogP contribution in [0.4, 0.5) is 0 Å². The smallest absolute Gasteiger partial charge is 0.123 e. The zero-order valence-electron chi connectivity index (χ0n) is 8.55. The third kappa shape index (κ3) is 2.40. The molecule has 0 aliphatic heterocycles. The fourth-order valence-electron chi connectivity index (χ4n) is 1.51. The van der Waals surface area contributed by atoms with Crippen LogP contribution in [0.15, 0.2) is 12.1 Å². The van der Waals surface area contributed by atoms with Crippen molar-refractivity contribution >= 4 is 11.6 Å². The Balaban J connectivity index is 3.07. The largest absolute Gasteiger partial charge is 0.507 e. The Labute approximate surface area is 89.7 Å². The van der Waals surface area contributed by atoms with Gasteiger partial charge in [0.25, 0.3) is 0 Å². The van der Waals surface area contributed by atoms with E-state index in [2.05, 4.69) is 6.92 Å². The standard InChI is InChI=1S/C11H16ClNO/c1-3-4-10(13)9-6-8(12)5-7(2)11(9)14/h5-6,10,14H,3-4,13H2,1-2H3/t10-/m0/s1. The van der Waals surface area contributed by atoms with Gasteiger partial charge in [0.1, 0.15) is 5.75 Å². The van der Waals surface area contributed by atoms with Crippen LogP contribution < -0.4 is 5.73 Å². The number of aromatic hydroxyl groups is 1. The Bertz CT molecular complexity index is 325. The highest BCUT2D eigenvalue weighted by atomic mass is 35.5. The Morgan fingerprint density at radius 3 is 2.71 bits per heavy atom. The highest BCUT2D eigenvalue weighted by Crippen LogP contribution is 2.31. The molecule has 78 valence electrons. The fraction of sp³-hybridized carbons (Fsp3) is 0.455. The number of hydrogen-bond donors (Lipinski definition) is 2. The Hall–Kier alpha value is -0.730. The van der Waals surface area contributed by atoms with E-state index < -0.39 is 0 Å². The Morgan fingerprint density at radius 1 is 1.50 bits per heavy atom. The lowest BCUT2D eigenvalue weighted by Gasteiger charge is -2.14. The number of benzene rings is 1. The minimum Gasteiger partial charge on any atom is -0.507 e. The van der Waals surface area contributed by atoms with Gasteiger partial charge < -0.3 is 10.8 Å². The molecule has 0 saturated carbocycles. The molecule has 3 N–H and O–H groups in total. The van der Waals surface area contributed by atoms with Crippen molar-refractivity contribution in [2.75, 3.05) is 0 Å². The van der Waals surface area contributed by atoms with E-state index in [1.165, 1.54) is 0 Å². The maximum Gasteiger partial charge on any atom is 0.123 e. The van der Waals surface area contributed by atoms with Crippen molar-refractivity contribution in [3.05, 3.63) is 28.3 Å². The minimum absolute atomic E-state index is 0.127. The molecule has 0 aromatic heterocycles. The van der Waals surface area contributed by atoms with Crippen LogP contribution in [-0.4, -0.2) is 5.11 Å². The summed E-state index contributed by atoms with van der Waals surface area (Å²) >= 11 is 5.90. The quantitative estimate of drug-likeness (QED) is 0.810. The maximum absolute atomic E-state index is 9.78. The second-order valence-corrected chi connectivity index (χ2v) is 3.99. The summed E-state index contributed by atoms with van der Waals surface area (Å²) in [5.74, 6) is 0.273. The fourth-order valence-corrected chi connectivity index (χ4v) is 1.79. The average molecular weight is 214 g/mol. The summed E-state index contributed by atoms with van der Waals surface area (Å²) in [7, 11) is 0. The molecule has 0 aliphatic rings. The summed E-state index contributed by atoms with van der Waals surface area (Å²) in [5, 5.41) is 10.4. The molecule has 0 radical (unpaired) electrons. The normalized spacial score (nSPS) is 12.9. The van der Waals surface area contributed by atoms with E-state index in [1.807, 2.05) is 6.92 Å². The van der Waals surface area contributed by atoms with Gasteiger partial charge in [0.2, 0.25) is 0 Å². The van der Waals surface area contributed by atoms with E-state index in [0.717, 1.165) is 24.0 Å². The lowest BCUT2D eigenvalue weighted by atomic mass is 10.00. The molecule has 0 aliphatic carbocycles. The third-order valence-electron chi connectivity index (χ3n) is 2.29. The summed E-state index contributed by atoms with van der Waals surface area (Å²) in [6.07, 6.45) is 1.85. The molecule has 1 aromatic rings. The number of nitrogens with two attached hydrogens (primary N) is 1. The average Bonchev–Trinajstić information content (AvgIpc) is 2.11. The van der Waals surface area contributed by atoms with Gasteiger partial charge in [-0.2, -0.15) is 0 Å². The van der Waals surface area contributed by atoms with Gasteiger partial charge in [-0.05, 0) is 31.0 Å². The van der Waals surface area contributed by atoms with Crippen molar-refractivity contribution in [3.63, 3.8) is 0 Å². The van der Waals surface area contributed by atoms with E-state index in [-0.39, 0.29) is 11.8 Å². The summed E-state index contributed by atoms with van der Waals surface area (Å²) in [6, 6.07) is 3.35. The molecular formula is C11H16ClNO. The van der Waals surface area contributed by atoms with Crippen molar-refractivity contribution in [2.24, 2.45) is 5.73 Å². The van der Waals surface area contributed by atoms with E-state index in [4.69, 9.17) is 17.3 Å². The van der Waals surface area contributed by atoms with Crippen LogP contribution in [0.2, 0.25) is 5.02 Å². The zero-order chi connectivity index (χ0) is 10.7. The van der Waals surface area contributed by atoms with Gasteiger partial charge in [0, 0.05) is 16.6 Å². The molecule has 2 nitrogen and oxygen atoms in total. The number of phenols is 1. The van der Waals surface area contributed by atoms with Crippen LogP contribution in [0.5, 0.6) is 5.75 Å². The zero-order valence-corrected chi connectivity index (χ0v) is 9.30. The molecule has 0 spiro atoms. The van der Waals surface area contributed by atoms with Gasteiger partial charge in [-0.15, -0.1) is 0 Å². The first-order chi connectivity index (χ1) is 6.56. The number of phenolic OH excluding ortho intramolecular Hbond substituents is 1. The Morgan fingerprint density at radius 2 is 2.14 bits per heavy atom. The van der Waals surface area contributed by atoms with Gasteiger partial charge in [-0.3, -0.25) is 0 Å². The number of halogens is 1. The molecule has 0 amide bonds. The summed E-state index contributed by atoms with van der Waals surface area (Å²) < 4.78 is 0. The van der Waals surface area contributed by atoms with Crippen LogP contribution in [0.1, 0.15) is 36.9 Å². The lowest BCUT2D eigenvalue weighted by Crippen LogP contribution is -2.10. The van der Waals surface area contributed by atoms with Crippen molar-refractivity contribution in [2.45, 2.75) is 32.7 Å². The second-order valence-electron chi connectivity index (χ2n) is 3.56. The second kappa shape index (κ2) is 4.67. The predicted octanol–water partition coefficient (Wildman–Crippen LogP) is 3.15. The van der Waals surface area contributed by atoms with Crippen molar-refractivity contribution < 1.29 is 5.11 Å². The monoisotopic (exact) mass is 213 g/mol. The van der Waals surface area contributed by atoms with Crippen LogP contribution in [0.3, 0.4) is 0 Å². The van der Waals surface area contributed by atoms with Crippen molar-refractivity contribution in [1.82, 2.24) is 0 Å². The highest BCUT2D eigenvalue weighted by Gasteiger charge is 2.12. The van der Waals surface area contributed by atoms with E-state index in [1.54, 1.807) is 12.1 Å². The molecule has 14 heavy (non-hydrogen) atoms. The summed E-state index contributed by atoms with van der Waals surface area (Å²) in [6.45, 7) is 3.89. The van der Waals surface area contributed by atoms with Crippen LogP contribution in [0.25, 0.3) is 0 Å². The number of rotatable bonds is 3. The summed E-state index contributed by atoms with van der Waals surface area (Å²) in [4.78, 5) is 0. The molecule has 0 fully saturated rings. The first kappa shape index (κ1) is 11.3. The van der Waals surface area contributed by atoms with E-state index in [9.17, 15) is 5.11 Å². The molecule has 1 aromatic carbocycles. The topological polar surface area (TPSA) is 46.2 Å². The predicted molar refractivity (Wildman–Crippen MR) is 59.7 cm³/mol. The van der Waals surface area contributed by atoms with Gasteiger partial charge in [-0.1, -0.05) is 24.9 Å². The molecule has 0 bridgehead atoms. The van der Waals surface area contributed by atoms with E-state index >= 15 is 0 Å². The Kier molecular flexibility index (Phi) is 3.78. The van der Waals surface area contributed by atoms with Crippen molar-refractivity contribution in [1.29, 1.82) is 0 Å². The summed E-state index contributed by atoms with van der Waals surface area (Å²) in [5.41, 5.74) is 7.45. The SMILES string of the molecule is CCC[C@H](N)c1cc(Cl)cc(C)c1O. The first-order valence-corrected chi connectivity index (χ1v) is 5.18. The first-order valence-electron chi connectivity index (χ1n) is 4.80. The molecular weight excluding hydrogens is 198 g/mol. The van der Waals surface area contributed by atoms with Crippen LogP contribution in [0, 0.1) is 6.92 Å². The highest BCUT2D eigenvalue weighted by molar-refractivity contribution is 6.30. The van der Waals surface area contributed by atoms with Gasteiger partial charge >= 0.3 is 0 Å². The number of aryl methyl sites for hydroxylation is 1. The number of hydrogen-bond acceptors (Lipinski definition) is 2. The third-order valence-corrected chi connectivity index (χ3v) is 2.51. The molecule has 1 rings (SSSR count). The lowest BCUT2D eigenvalue weighted by molar-refractivity contribution is 0.454. The molecule has 1 atom stereocenters.